The standard InChI is InChI=1S/C12H12BrFN2/c13-9-3-4-11(14)10(5-9)12(6-15)16-7-8-1-2-8/h3-5,8,12,16H,1-2,7H2. The Bertz CT molecular complexity index is 424. The molecule has 0 bridgehead atoms. The van der Waals surface area contributed by atoms with Crippen molar-refractivity contribution in [1.82, 2.24) is 5.32 Å². The number of hydrogen-bond acceptors (Lipinski definition) is 2. The third-order valence-corrected chi connectivity index (χ3v) is 3.20. The molecule has 1 aromatic carbocycles. The topological polar surface area (TPSA) is 35.8 Å². The molecule has 84 valence electrons. The molecule has 1 N–H and O–H groups in total. The van der Waals surface area contributed by atoms with Crippen molar-refractivity contribution in [3.63, 3.8) is 0 Å². The summed E-state index contributed by atoms with van der Waals surface area (Å²) in [5.41, 5.74) is 0.414. The van der Waals surface area contributed by atoms with Gasteiger partial charge in [0.15, 0.2) is 0 Å². The first-order chi connectivity index (χ1) is 7.70. The minimum atomic E-state index is -0.557. The predicted octanol–water partition coefficient (Wildman–Crippen LogP) is 3.15. The lowest BCUT2D eigenvalue weighted by Gasteiger charge is -2.12. The van der Waals surface area contributed by atoms with Gasteiger partial charge in [0.1, 0.15) is 11.9 Å². The van der Waals surface area contributed by atoms with Crippen LogP contribution in [0.5, 0.6) is 0 Å². The molecule has 0 aromatic heterocycles. The van der Waals surface area contributed by atoms with Crippen molar-refractivity contribution in [2.75, 3.05) is 6.54 Å². The highest BCUT2D eigenvalue weighted by Gasteiger charge is 2.23. The van der Waals surface area contributed by atoms with Crippen molar-refractivity contribution in [2.24, 2.45) is 5.92 Å². The first-order valence-electron chi connectivity index (χ1n) is 5.28. The fourth-order valence-electron chi connectivity index (χ4n) is 1.57. The molecule has 0 spiro atoms. The molecule has 2 rings (SSSR count). The van der Waals surface area contributed by atoms with Crippen molar-refractivity contribution in [2.45, 2.75) is 18.9 Å². The molecule has 0 radical (unpaired) electrons. The quantitative estimate of drug-likeness (QED) is 0.921. The number of nitrogens with one attached hydrogen (secondary N) is 1. The lowest BCUT2D eigenvalue weighted by atomic mass is 10.1. The molecular formula is C12H12BrFN2. The van der Waals surface area contributed by atoms with Crippen LogP contribution in [0.1, 0.15) is 24.4 Å². The fraction of sp³-hybridized carbons (Fsp3) is 0.417. The van der Waals surface area contributed by atoms with Crippen LogP contribution in [0, 0.1) is 23.1 Å². The van der Waals surface area contributed by atoms with Crippen LogP contribution in [0.4, 0.5) is 4.39 Å². The zero-order valence-electron chi connectivity index (χ0n) is 8.71. The molecule has 16 heavy (non-hydrogen) atoms. The van der Waals surface area contributed by atoms with Gasteiger partial charge in [0.05, 0.1) is 6.07 Å². The SMILES string of the molecule is N#CC(NCC1CC1)c1cc(Br)ccc1F. The summed E-state index contributed by atoms with van der Waals surface area (Å²) in [5, 5.41) is 12.1. The lowest BCUT2D eigenvalue weighted by molar-refractivity contribution is 0.548. The monoisotopic (exact) mass is 282 g/mol. The Hall–Kier alpha value is -0.920. The summed E-state index contributed by atoms with van der Waals surface area (Å²) in [4.78, 5) is 0. The molecule has 1 aliphatic carbocycles. The third-order valence-electron chi connectivity index (χ3n) is 2.71. The first kappa shape index (κ1) is 11.6. The van der Waals surface area contributed by atoms with Gasteiger partial charge in [-0.05, 0) is 43.5 Å². The second-order valence-electron chi connectivity index (χ2n) is 4.08. The highest BCUT2D eigenvalue weighted by atomic mass is 79.9. The van der Waals surface area contributed by atoms with E-state index in [1.807, 2.05) is 0 Å². The van der Waals surface area contributed by atoms with Gasteiger partial charge in [-0.2, -0.15) is 5.26 Å². The van der Waals surface area contributed by atoms with Crippen LogP contribution in [0.15, 0.2) is 22.7 Å². The molecule has 1 aliphatic rings. The van der Waals surface area contributed by atoms with Crippen LogP contribution in [-0.4, -0.2) is 6.54 Å². The number of hydrogen-bond donors (Lipinski definition) is 1. The molecule has 1 fully saturated rings. The number of benzene rings is 1. The van der Waals surface area contributed by atoms with E-state index < -0.39 is 6.04 Å². The summed E-state index contributed by atoms with van der Waals surface area (Å²) in [5.74, 6) is 0.337. The Labute approximate surface area is 103 Å². The van der Waals surface area contributed by atoms with Crippen LogP contribution < -0.4 is 5.32 Å². The van der Waals surface area contributed by atoms with Crippen molar-refractivity contribution in [3.8, 4) is 6.07 Å². The van der Waals surface area contributed by atoms with E-state index in [9.17, 15) is 4.39 Å². The van der Waals surface area contributed by atoms with Crippen molar-refractivity contribution in [1.29, 1.82) is 5.26 Å². The van der Waals surface area contributed by atoms with Crippen LogP contribution in [-0.2, 0) is 0 Å². The van der Waals surface area contributed by atoms with E-state index in [1.165, 1.54) is 18.9 Å². The van der Waals surface area contributed by atoms with E-state index in [0.717, 1.165) is 11.0 Å². The van der Waals surface area contributed by atoms with Gasteiger partial charge in [0.2, 0.25) is 0 Å². The molecule has 0 aliphatic heterocycles. The smallest absolute Gasteiger partial charge is 0.129 e. The number of nitriles is 1. The average Bonchev–Trinajstić information content (AvgIpc) is 3.07. The van der Waals surface area contributed by atoms with E-state index in [2.05, 4.69) is 27.3 Å². The Morgan fingerprint density at radius 1 is 1.56 bits per heavy atom. The summed E-state index contributed by atoms with van der Waals surface area (Å²) in [6, 6.07) is 6.21. The molecule has 0 saturated heterocycles. The summed E-state index contributed by atoms with van der Waals surface area (Å²) in [6.07, 6.45) is 2.43. The second-order valence-corrected chi connectivity index (χ2v) is 5.00. The van der Waals surface area contributed by atoms with E-state index in [4.69, 9.17) is 5.26 Å². The molecule has 1 unspecified atom stereocenters. The van der Waals surface area contributed by atoms with Crippen molar-refractivity contribution < 1.29 is 4.39 Å². The Morgan fingerprint density at radius 2 is 2.31 bits per heavy atom. The number of halogens is 2. The van der Waals surface area contributed by atoms with Crippen molar-refractivity contribution >= 4 is 15.9 Å². The largest absolute Gasteiger partial charge is 0.298 e. The maximum Gasteiger partial charge on any atom is 0.129 e. The van der Waals surface area contributed by atoms with Gasteiger partial charge < -0.3 is 0 Å². The highest BCUT2D eigenvalue weighted by Crippen LogP contribution is 2.29. The van der Waals surface area contributed by atoms with E-state index >= 15 is 0 Å². The zero-order chi connectivity index (χ0) is 11.5. The summed E-state index contributed by atoms with van der Waals surface area (Å²) < 4.78 is 14.3. The molecule has 0 heterocycles. The Kier molecular flexibility index (Phi) is 3.57. The van der Waals surface area contributed by atoms with Gasteiger partial charge in [0, 0.05) is 10.0 Å². The third kappa shape index (κ3) is 2.81. The highest BCUT2D eigenvalue weighted by molar-refractivity contribution is 9.10. The molecule has 2 nitrogen and oxygen atoms in total. The minimum absolute atomic E-state index is 0.335. The zero-order valence-corrected chi connectivity index (χ0v) is 10.3. The lowest BCUT2D eigenvalue weighted by Crippen LogP contribution is -2.23. The van der Waals surface area contributed by atoms with Gasteiger partial charge in [-0.25, -0.2) is 4.39 Å². The van der Waals surface area contributed by atoms with Gasteiger partial charge in [0.25, 0.3) is 0 Å². The van der Waals surface area contributed by atoms with E-state index in [0.29, 0.717) is 11.5 Å². The molecule has 0 amide bonds. The maximum atomic E-state index is 13.5. The number of rotatable bonds is 4. The maximum absolute atomic E-state index is 13.5. The van der Waals surface area contributed by atoms with Gasteiger partial charge in [-0.3, -0.25) is 5.32 Å². The van der Waals surface area contributed by atoms with Crippen LogP contribution in [0.25, 0.3) is 0 Å². The first-order valence-corrected chi connectivity index (χ1v) is 6.08. The molecule has 1 aromatic rings. The molecule has 1 atom stereocenters. The van der Waals surface area contributed by atoms with Crippen LogP contribution in [0.3, 0.4) is 0 Å². The average molecular weight is 283 g/mol. The Morgan fingerprint density at radius 3 is 2.94 bits per heavy atom. The fourth-order valence-corrected chi connectivity index (χ4v) is 1.95. The number of nitrogens with zero attached hydrogens (tertiary/aromatic N) is 1. The van der Waals surface area contributed by atoms with E-state index in [-0.39, 0.29) is 5.82 Å². The van der Waals surface area contributed by atoms with Crippen LogP contribution in [0.2, 0.25) is 0 Å². The minimum Gasteiger partial charge on any atom is -0.298 e. The van der Waals surface area contributed by atoms with Gasteiger partial charge in [-0.1, -0.05) is 15.9 Å². The normalized spacial score (nSPS) is 16.8. The summed E-state index contributed by atoms with van der Waals surface area (Å²) in [7, 11) is 0. The Balaban J connectivity index is 2.11. The summed E-state index contributed by atoms with van der Waals surface area (Å²) in [6.45, 7) is 0.796. The van der Waals surface area contributed by atoms with Crippen LogP contribution >= 0.6 is 15.9 Å². The molecule has 4 heteroatoms. The van der Waals surface area contributed by atoms with Gasteiger partial charge in [-0.15, -0.1) is 0 Å². The summed E-state index contributed by atoms with van der Waals surface area (Å²) >= 11 is 3.28. The van der Waals surface area contributed by atoms with E-state index in [1.54, 1.807) is 12.1 Å². The van der Waals surface area contributed by atoms with Crippen molar-refractivity contribution in [3.05, 3.63) is 34.1 Å². The molecular weight excluding hydrogens is 271 g/mol. The molecule has 1 saturated carbocycles. The van der Waals surface area contributed by atoms with Gasteiger partial charge >= 0.3 is 0 Å². The second kappa shape index (κ2) is 4.94. The predicted molar refractivity (Wildman–Crippen MR) is 63.2 cm³/mol.